The van der Waals surface area contributed by atoms with E-state index < -0.39 is 11.3 Å². The van der Waals surface area contributed by atoms with Crippen LogP contribution in [0.15, 0.2) is 18.3 Å². The predicted octanol–water partition coefficient (Wildman–Crippen LogP) is 3.36. The largest absolute Gasteiger partial charge is 0.357 e. The Labute approximate surface area is 104 Å². The van der Waals surface area contributed by atoms with Gasteiger partial charge in [-0.05, 0) is 25.0 Å². The Kier molecular flexibility index (Phi) is 2.34. The lowest BCUT2D eigenvalue weighted by molar-refractivity contribution is 0.0536. The van der Waals surface area contributed by atoms with Gasteiger partial charge in [-0.1, -0.05) is 11.6 Å². The van der Waals surface area contributed by atoms with Crippen molar-refractivity contribution >= 4 is 17.4 Å². The summed E-state index contributed by atoms with van der Waals surface area (Å²) in [4.78, 5) is 6.26. The molecule has 0 amide bonds. The molecule has 2 nitrogen and oxygen atoms in total. The maximum atomic E-state index is 13.2. The number of nitrogens with zero attached hydrogens (tertiary/aromatic N) is 2. The number of hydrogen-bond donors (Lipinski definition) is 0. The van der Waals surface area contributed by atoms with E-state index in [1.807, 2.05) is 6.07 Å². The fourth-order valence-electron chi connectivity index (χ4n) is 2.64. The van der Waals surface area contributed by atoms with Crippen LogP contribution in [0.4, 0.5) is 14.6 Å². The molecule has 0 radical (unpaired) electrons. The van der Waals surface area contributed by atoms with E-state index in [1.54, 1.807) is 12.3 Å². The van der Waals surface area contributed by atoms with Crippen LogP contribution in [-0.4, -0.2) is 24.0 Å². The van der Waals surface area contributed by atoms with Gasteiger partial charge in [-0.2, -0.15) is 0 Å². The lowest BCUT2D eigenvalue weighted by Crippen LogP contribution is -2.36. The highest BCUT2D eigenvalue weighted by Gasteiger charge is 2.70. The molecule has 1 aromatic heterocycles. The van der Waals surface area contributed by atoms with Gasteiger partial charge in [0.25, 0.3) is 5.92 Å². The highest BCUT2D eigenvalue weighted by atomic mass is 35.5. The van der Waals surface area contributed by atoms with Crippen molar-refractivity contribution in [3.8, 4) is 0 Å². The molecule has 0 N–H and O–H groups in total. The summed E-state index contributed by atoms with van der Waals surface area (Å²) in [7, 11) is 0. The molecule has 0 unspecified atom stereocenters. The van der Waals surface area contributed by atoms with Crippen LogP contribution in [0.5, 0.6) is 0 Å². The third-order valence-electron chi connectivity index (χ3n) is 3.97. The number of aromatic nitrogens is 1. The Balaban J connectivity index is 1.68. The molecule has 3 rings (SSSR count). The van der Waals surface area contributed by atoms with Gasteiger partial charge in [-0.25, -0.2) is 13.8 Å². The molecule has 92 valence electrons. The summed E-state index contributed by atoms with van der Waals surface area (Å²) < 4.78 is 26.4. The summed E-state index contributed by atoms with van der Waals surface area (Å²) in [6.45, 7) is 1.31. The summed E-state index contributed by atoms with van der Waals surface area (Å²) >= 11 is 5.76. The van der Waals surface area contributed by atoms with E-state index in [4.69, 9.17) is 11.6 Å². The molecule has 1 aromatic rings. The Morgan fingerprint density at radius 3 is 2.35 bits per heavy atom. The second-order valence-electron chi connectivity index (χ2n) is 4.98. The first-order valence-electron chi connectivity index (χ1n) is 5.77. The minimum Gasteiger partial charge on any atom is -0.357 e. The molecule has 5 heteroatoms. The molecule has 1 saturated heterocycles. The first kappa shape index (κ1) is 11.2. The highest BCUT2D eigenvalue weighted by Crippen LogP contribution is 2.65. The van der Waals surface area contributed by atoms with Crippen LogP contribution < -0.4 is 4.90 Å². The van der Waals surface area contributed by atoms with E-state index in [9.17, 15) is 8.78 Å². The monoisotopic (exact) mass is 258 g/mol. The van der Waals surface area contributed by atoms with Crippen LogP contribution in [0, 0.1) is 5.41 Å². The molecule has 2 aliphatic rings. The quantitative estimate of drug-likeness (QED) is 0.768. The van der Waals surface area contributed by atoms with Crippen LogP contribution in [0.25, 0.3) is 0 Å². The standard InChI is InChI=1S/C12H13ClF2N2/c13-9-1-2-10(16-7-9)17-5-3-11(4-6-17)8-12(11,14)15/h1-2,7H,3-6,8H2. The number of hydrogen-bond acceptors (Lipinski definition) is 2. The van der Waals surface area contributed by atoms with E-state index >= 15 is 0 Å². The molecular weight excluding hydrogens is 246 g/mol. The molecule has 2 fully saturated rings. The number of piperidine rings is 1. The number of halogens is 3. The minimum atomic E-state index is -2.42. The van der Waals surface area contributed by atoms with Gasteiger partial charge in [0.2, 0.25) is 0 Å². The number of rotatable bonds is 1. The Bertz CT molecular complexity index is 425. The van der Waals surface area contributed by atoms with Crippen molar-refractivity contribution in [2.75, 3.05) is 18.0 Å². The molecule has 1 saturated carbocycles. The Morgan fingerprint density at radius 2 is 1.88 bits per heavy atom. The van der Waals surface area contributed by atoms with Crippen molar-refractivity contribution in [1.29, 1.82) is 0 Å². The van der Waals surface area contributed by atoms with E-state index in [0.29, 0.717) is 31.0 Å². The summed E-state index contributed by atoms with van der Waals surface area (Å²) in [5.41, 5.74) is -0.698. The van der Waals surface area contributed by atoms with E-state index in [2.05, 4.69) is 9.88 Å². The lowest BCUT2D eigenvalue weighted by Gasteiger charge is -2.33. The predicted molar refractivity (Wildman–Crippen MR) is 62.7 cm³/mol. The number of pyridine rings is 1. The zero-order valence-electron chi connectivity index (χ0n) is 9.30. The third-order valence-corrected chi connectivity index (χ3v) is 4.19. The topological polar surface area (TPSA) is 16.1 Å². The van der Waals surface area contributed by atoms with Crippen molar-refractivity contribution in [2.45, 2.75) is 25.2 Å². The first-order valence-corrected chi connectivity index (χ1v) is 6.15. The second kappa shape index (κ2) is 3.55. The molecule has 0 atom stereocenters. The van der Waals surface area contributed by atoms with Crippen molar-refractivity contribution < 1.29 is 8.78 Å². The van der Waals surface area contributed by atoms with Gasteiger partial charge in [0.1, 0.15) is 5.82 Å². The fraction of sp³-hybridized carbons (Fsp3) is 0.583. The van der Waals surface area contributed by atoms with Crippen LogP contribution in [0.3, 0.4) is 0 Å². The van der Waals surface area contributed by atoms with Gasteiger partial charge >= 0.3 is 0 Å². The molecule has 1 aliphatic carbocycles. The van der Waals surface area contributed by atoms with Crippen LogP contribution in [0.1, 0.15) is 19.3 Å². The van der Waals surface area contributed by atoms with E-state index in [1.165, 1.54) is 0 Å². The van der Waals surface area contributed by atoms with E-state index in [0.717, 1.165) is 5.82 Å². The van der Waals surface area contributed by atoms with Crippen molar-refractivity contribution in [1.82, 2.24) is 4.98 Å². The third kappa shape index (κ3) is 1.79. The summed E-state index contributed by atoms with van der Waals surface area (Å²) in [6.07, 6.45) is 2.78. The van der Waals surface area contributed by atoms with Gasteiger partial charge in [0, 0.05) is 31.1 Å². The van der Waals surface area contributed by atoms with Gasteiger partial charge in [-0.3, -0.25) is 0 Å². The van der Waals surface area contributed by atoms with Crippen LogP contribution >= 0.6 is 11.6 Å². The average molecular weight is 259 g/mol. The van der Waals surface area contributed by atoms with Gasteiger partial charge in [0.15, 0.2) is 0 Å². The van der Waals surface area contributed by atoms with Gasteiger partial charge in [-0.15, -0.1) is 0 Å². The maximum absolute atomic E-state index is 13.2. The van der Waals surface area contributed by atoms with Crippen molar-refractivity contribution in [3.05, 3.63) is 23.4 Å². The smallest absolute Gasteiger partial charge is 0.254 e. The number of anilines is 1. The summed E-state index contributed by atoms with van der Waals surface area (Å²) in [6, 6.07) is 3.62. The number of alkyl halides is 2. The molecule has 0 aromatic carbocycles. The fourth-order valence-corrected chi connectivity index (χ4v) is 2.75. The molecule has 1 aliphatic heterocycles. The highest BCUT2D eigenvalue weighted by molar-refractivity contribution is 6.30. The van der Waals surface area contributed by atoms with Gasteiger partial charge < -0.3 is 4.90 Å². The maximum Gasteiger partial charge on any atom is 0.254 e. The second-order valence-corrected chi connectivity index (χ2v) is 5.42. The minimum absolute atomic E-state index is 0.0713. The zero-order valence-corrected chi connectivity index (χ0v) is 10.1. The molecule has 0 bridgehead atoms. The van der Waals surface area contributed by atoms with Crippen molar-refractivity contribution in [2.24, 2.45) is 5.41 Å². The Morgan fingerprint density at radius 1 is 1.24 bits per heavy atom. The summed E-state index contributed by atoms with van der Waals surface area (Å²) in [5.74, 6) is -1.60. The molecule has 1 spiro atoms. The van der Waals surface area contributed by atoms with Gasteiger partial charge in [0.05, 0.1) is 5.02 Å². The first-order chi connectivity index (χ1) is 8.02. The van der Waals surface area contributed by atoms with Crippen LogP contribution in [-0.2, 0) is 0 Å². The average Bonchev–Trinajstić information content (AvgIpc) is 2.82. The van der Waals surface area contributed by atoms with Crippen LogP contribution in [0.2, 0.25) is 5.02 Å². The van der Waals surface area contributed by atoms with Crippen molar-refractivity contribution in [3.63, 3.8) is 0 Å². The SMILES string of the molecule is FC1(F)CC12CCN(c1ccc(Cl)cn1)CC2. The normalized spacial score (nSPS) is 25.0. The lowest BCUT2D eigenvalue weighted by atomic mass is 9.93. The zero-order chi connectivity index (χ0) is 12.1. The summed E-state index contributed by atoms with van der Waals surface area (Å²) in [5, 5.41) is 0.593. The molecule has 17 heavy (non-hydrogen) atoms. The Hall–Kier alpha value is -0.900. The van der Waals surface area contributed by atoms with E-state index in [-0.39, 0.29) is 6.42 Å². The molecular formula is C12H13ClF2N2. The molecule has 2 heterocycles.